The first-order valence-corrected chi connectivity index (χ1v) is 11.2. The Hall–Kier alpha value is -2.82. The van der Waals surface area contributed by atoms with E-state index in [4.69, 9.17) is 4.74 Å². The molecule has 2 aromatic carbocycles. The molecule has 0 saturated heterocycles. The molecule has 0 spiro atoms. The number of nitrogens with zero attached hydrogens (tertiary/aromatic N) is 1. The predicted molar refractivity (Wildman–Crippen MR) is 125 cm³/mol. The van der Waals surface area contributed by atoms with Crippen LogP contribution in [0.15, 0.2) is 48.5 Å². The molecule has 2 atom stereocenters. The van der Waals surface area contributed by atoms with Gasteiger partial charge in [-0.25, -0.2) is 0 Å². The van der Waals surface area contributed by atoms with E-state index in [1.807, 2.05) is 77.1 Å². The van der Waals surface area contributed by atoms with Crippen molar-refractivity contribution >= 4 is 11.8 Å². The van der Waals surface area contributed by atoms with Crippen LogP contribution in [0.4, 0.5) is 0 Å². The number of amides is 2. The number of nitrogens with one attached hydrogen (secondary N) is 1. The first-order chi connectivity index (χ1) is 14.8. The molecular formula is C26H36N2O3. The number of benzene rings is 2. The van der Waals surface area contributed by atoms with Crippen molar-refractivity contribution in [3.8, 4) is 5.75 Å². The number of carbonyl (C=O) groups is 2. The summed E-state index contributed by atoms with van der Waals surface area (Å²) in [5.74, 6) is 0.386. The highest BCUT2D eigenvalue weighted by Crippen LogP contribution is 2.17. The van der Waals surface area contributed by atoms with Crippen molar-refractivity contribution < 1.29 is 14.3 Å². The summed E-state index contributed by atoms with van der Waals surface area (Å²) in [5.41, 5.74) is 3.30. The van der Waals surface area contributed by atoms with E-state index in [2.05, 4.69) is 11.4 Å². The first-order valence-electron chi connectivity index (χ1n) is 11.2. The van der Waals surface area contributed by atoms with E-state index >= 15 is 0 Å². The maximum absolute atomic E-state index is 13.2. The second-order valence-electron chi connectivity index (χ2n) is 8.18. The van der Waals surface area contributed by atoms with E-state index in [1.165, 1.54) is 0 Å². The highest BCUT2D eigenvalue weighted by molar-refractivity contribution is 5.88. The molecule has 0 radical (unpaired) electrons. The summed E-state index contributed by atoms with van der Waals surface area (Å²) >= 11 is 0. The van der Waals surface area contributed by atoms with E-state index in [0.29, 0.717) is 25.1 Å². The minimum Gasteiger partial charge on any atom is -0.484 e. The Morgan fingerprint density at radius 3 is 2.23 bits per heavy atom. The Balaban J connectivity index is 2.15. The Kier molecular flexibility index (Phi) is 9.57. The molecule has 0 bridgehead atoms. The second-order valence-corrected chi connectivity index (χ2v) is 8.18. The van der Waals surface area contributed by atoms with Gasteiger partial charge in [-0.1, -0.05) is 50.2 Å². The SMILES string of the molecule is CC[C@H](C)NC(=O)[C@H](CC)N(CCc1ccccc1)C(=O)COc1cc(C)cc(C)c1. The van der Waals surface area contributed by atoms with Crippen LogP contribution in [0.5, 0.6) is 5.75 Å². The lowest BCUT2D eigenvalue weighted by atomic mass is 10.1. The molecule has 5 heteroatoms. The lowest BCUT2D eigenvalue weighted by molar-refractivity contribution is -0.142. The maximum Gasteiger partial charge on any atom is 0.261 e. The van der Waals surface area contributed by atoms with E-state index in [-0.39, 0.29) is 24.5 Å². The fourth-order valence-corrected chi connectivity index (χ4v) is 3.58. The van der Waals surface area contributed by atoms with Crippen LogP contribution >= 0.6 is 0 Å². The van der Waals surface area contributed by atoms with Gasteiger partial charge in [-0.2, -0.15) is 0 Å². The Bertz CT molecular complexity index is 831. The van der Waals surface area contributed by atoms with Crippen molar-refractivity contribution in [3.05, 3.63) is 65.2 Å². The normalized spacial score (nSPS) is 12.7. The summed E-state index contributed by atoms with van der Waals surface area (Å²) in [5, 5.41) is 3.03. The average molecular weight is 425 g/mol. The molecule has 2 aromatic rings. The van der Waals surface area contributed by atoms with Gasteiger partial charge >= 0.3 is 0 Å². The second kappa shape index (κ2) is 12.1. The molecule has 168 valence electrons. The predicted octanol–water partition coefficient (Wildman–Crippen LogP) is 4.45. The molecule has 31 heavy (non-hydrogen) atoms. The number of rotatable bonds is 11. The summed E-state index contributed by atoms with van der Waals surface area (Å²) < 4.78 is 5.82. The van der Waals surface area contributed by atoms with Gasteiger partial charge in [-0.3, -0.25) is 9.59 Å². The minimum absolute atomic E-state index is 0.0687. The van der Waals surface area contributed by atoms with Crippen LogP contribution in [-0.4, -0.2) is 41.9 Å². The van der Waals surface area contributed by atoms with Gasteiger partial charge in [0.1, 0.15) is 11.8 Å². The molecule has 0 saturated carbocycles. The van der Waals surface area contributed by atoms with Crippen molar-refractivity contribution in [2.24, 2.45) is 0 Å². The largest absolute Gasteiger partial charge is 0.484 e. The molecule has 2 rings (SSSR count). The van der Waals surface area contributed by atoms with Gasteiger partial charge in [-0.05, 0) is 68.9 Å². The van der Waals surface area contributed by atoms with Gasteiger partial charge < -0.3 is 15.0 Å². The zero-order chi connectivity index (χ0) is 22.8. The molecule has 0 aromatic heterocycles. The van der Waals surface area contributed by atoms with E-state index in [0.717, 1.165) is 23.1 Å². The Labute approximate surface area is 186 Å². The summed E-state index contributed by atoms with van der Waals surface area (Å²) in [7, 11) is 0. The van der Waals surface area contributed by atoms with Gasteiger partial charge in [0, 0.05) is 12.6 Å². The molecule has 0 unspecified atom stereocenters. The Morgan fingerprint density at radius 1 is 1.00 bits per heavy atom. The lowest BCUT2D eigenvalue weighted by Gasteiger charge is -2.31. The topological polar surface area (TPSA) is 58.6 Å². The van der Waals surface area contributed by atoms with Crippen molar-refractivity contribution in [1.29, 1.82) is 0 Å². The Morgan fingerprint density at radius 2 is 1.65 bits per heavy atom. The zero-order valence-corrected chi connectivity index (χ0v) is 19.5. The highest BCUT2D eigenvalue weighted by Gasteiger charge is 2.29. The third kappa shape index (κ3) is 7.74. The van der Waals surface area contributed by atoms with Crippen molar-refractivity contribution in [2.45, 2.75) is 66.0 Å². The lowest BCUT2D eigenvalue weighted by Crippen LogP contribution is -2.52. The van der Waals surface area contributed by atoms with Crippen molar-refractivity contribution in [2.75, 3.05) is 13.2 Å². The van der Waals surface area contributed by atoms with Gasteiger partial charge in [0.25, 0.3) is 5.91 Å². The van der Waals surface area contributed by atoms with E-state index in [1.54, 1.807) is 4.90 Å². The van der Waals surface area contributed by atoms with Crippen molar-refractivity contribution in [3.63, 3.8) is 0 Å². The minimum atomic E-state index is -0.520. The van der Waals surface area contributed by atoms with Gasteiger partial charge in [0.05, 0.1) is 0 Å². The first kappa shape index (κ1) is 24.4. The number of carbonyl (C=O) groups excluding carboxylic acids is 2. The van der Waals surface area contributed by atoms with Crippen LogP contribution in [-0.2, 0) is 16.0 Å². The fraction of sp³-hybridized carbons (Fsp3) is 0.462. The smallest absolute Gasteiger partial charge is 0.261 e. The zero-order valence-electron chi connectivity index (χ0n) is 19.5. The molecule has 0 aliphatic carbocycles. The van der Waals surface area contributed by atoms with Crippen LogP contribution in [0, 0.1) is 13.8 Å². The van der Waals surface area contributed by atoms with Gasteiger partial charge in [0.2, 0.25) is 5.91 Å². The quantitative estimate of drug-likeness (QED) is 0.580. The van der Waals surface area contributed by atoms with Crippen LogP contribution in [0.25, 0.3) is 0 Å². The molecule has 0 heterocycles. The van der Waals surface area contributed by atoms with Gasteiger partial charge in [0.15, 0.2) is 6.61 Å². The van der Waals surface area contributed by atoms with Gasteiger partial charge in [-0.15, -0.1) is 0 Å². The maximum atomic E-state index is 13.2. The molecule has 2 amide bonds. The number of hydrogen-bond donors (Lipinski definition) is 1. The summed E-state index contributed by atoms with van der Waals surface area (Å²) in [6.07, 6.45) is 2.07. The fourth-order valence-electron chi connectivity index (χ4n) is 3.58. The standard InChI is InChI=1S/C26H36N2O3/c1-6-21(5)27-26(30)24(7-2)28(14-13-22-11-9-8-10-12-22)25(29)18-31-23-16-19(3)15-20(4)17-23/h8-12,15-17,21,24H,6-7,13-14,18H2,1-5H3,(H,27,30)/t21-,24-/m0/s1. The summed E-state index contributed by atoms with van der Waals surface area (Å²) in [6.45, 7) is 10.3. The molecule has 5 nitrogen and oxygen atoms in total. The third-order valence-corrected chi connectivity index (χ3v) is 5.43. The van der Waals surface area contributed by atoms with Crippen LogP contribution < -0.4 is 10.1 Å². The average Bonchev–Trinajstić information content (AvgIpc) is 2.74. The van der Waals surface area contributed by atoms with Crippen molar-refractivity contribution in [1.82, 2.24) is 10.2 Å². The molecule has 0 aliphatic heterocycles. The number of aryl methyl sites for hydroxylation is 2. The van der Waals surface area contributed by atoms with Crippen LogP contribution in [0.3, 0.4) is 0 Å². The molecule has 1 N–H and O–H groups in total. The van der Waals surface area contributed by atoms with Crippen LogP contribution in [0.1, 0.15) is 50.3 Å². The molecule has 0 aliphatic rings. The third-order valence-electron chi connectivity index (χ3n) is 5.43. The van der Waals surface area contributed by atoms with Crippen LogP contribution in [0.2, 0.25) is 0 Å². The summed E-state index contributed by atoms with van der Waals surface area (Å²) in [6, 6.07) is 15.5. The number of ether oxygens (including phenoxy) is 1. The summed E-state index contributed by atoms with van der Waals surface area (Å²) in [4.78, 5) is 27.8. The van der Waals surface area contributed by atoms with E-state index < -0.39 is 6.04 Å². The highest BCUT2D eigenvalue weighted by atomic mass is 16.5. The monoisotopic (exact) mass is 424 g/mol. The molecular weight excluding hydrogens is 388 g/mol. The van der Waals surface area contributed by atoms with E-state index in [9.17, 15) is 9.59 Å². The number of hydrogen-bond acceptors (Lipinski definition) is 3. The molecule has 0 fully saturated rings.